The predicted octanol–water partition coefficient (Wildman–Crippen LogP) is 5.55. The molecule has 4 aromatic rings. The van der Waals surface area contributed by atoms with Gasteiger partial charge in [0.15, 0.2) is 0 Å². The number of benzene rings is 3. The van der Waals surface area contributed by atoms with Crippen LogP contribution in [-0.4, -0.2) is 43.2 Å². The van der Waals surface area contributed by atoms with Crippen LogP contribution in [0.3, 0.4) is 0 Å². The third-order valence-corrected chi connectivity index (χ3v) is 6.67. The zero-order chi connectivity index (χ0) is 29.3. The highest BCUT2D eigenvalue weighted by molar-refractivity contribution is 6.00. The summed E-state index contributed by atoms with van der Waals surface area (Å²) >= 11 is 0. The number of urea groups is 1. The molecule has 2 heterocycles. The lowest BCUT2D eigenvalue weighted by molar-refractivity contribution is 0.0957. The smallest absolute Gasteiger partial charge is 0.323 e. The van der Waals surface area contributed by atoms with Gasteiger partial charge < -0.3 is 30.7 Å². The number of piperidine rings is 1. The van der Waals surface area contributed by atoms with E-state index in [2.05, 4.69) is 32.3 Å². The van der Waals surface area contributed by atoms with Gasteiger partial charge in [0, 0.05) is 30.7 Å². The summed E-state index contributed by atoms with van der Waals surface area (Å²) < 4.78 is 11.9. The first-order valence-corrected chi connectivity index (χ1v) is 13.6. The molecule has 212 valence electrons. The Morgan fingerprint density at radius 1 is 0.905 bits per heavy atom. The Balaban J connectivity index is 1.20. The SMILES string of the molecule is CNC(=O)c1cc(Oc2ccc(NC(=O)Nc3cccc(-c4ccc(OC5CCNCC5)c(C#N)c4)c3)cc2)ccn1. The van der Waals surface area contributed by atoms with Crippen molar-refractivity contribution >= 4 is 23.3 Å². The number of rotatable bonds is 8. The molecule has 1 saturated heterocycles. The molecule has 0 bridgehead atoms. The van der Waals surface area contributed by atoms with Crippen molar-refractivity contribution in [2.75, 3.05) is 30.8 Å². The fourth-order valence-corrected chi connectivity index (χ4v) is 4.53. The van der Waals surface area contributed by atoms with Gasteiger partial charge in [-0.25, -0.2) is 4.79 Å². The van der Waals surface area contributed by atoms with Crippen LogP contribution < -0.4 is 30.7 Å². The average molecular weight is 563 g/mol. The minimum atomic E-state index is -0.409. The first-order valence-electron chi connectivity index (χ1n) is 13.6. The molecule has 0 spiro atoms. The Bertz CT molecular complexity index is 1610. The second kappa shape index (κ2) is 13.3. The number of hydrogen-bond donors (Lipinski definition) is 4. The van der Waals surface area contributed by atoms with Crippen molar-refractivity contribution in [2.24, 2.45) is 0 Å². The summed E-state index contributed by atoms with van der Waals surface area (Å²) in [5.74, 6) is 1.28. The molecule has 0 aliphatic carbocycles. The Kier molecular flexibility index (Phi) is 8.91. The van der Waals surface area contributed by atoms with E-state index in [1.807, 2.05) is 36.4 Å². The summed E-state index contributed by atoms with van der Waals surface area (Å²) in [7, 11) is 1.53. The minimum absolute atomic E-state index is 0.101. The van der Waals surface area contributed by atoms with Gasteiger partial charge in [-0.15, -0.1) is 0 Å². The molecule has 1 aliphatic rings. The van der Waals surface area contributed by atoms with Crippen LogP contribution in [0.4, 0.5) is 16.2 Å². The topological polar surface area (TPSA) is 137 Å². The molecule has 0 atom stereocenters. The van der Waals surface area contributed by atoms with E-state index in [0.717, 1.165) is 37.1 Å². The zero-order valence-corrected chi connectivity index (χ0v) is 23.0. The van der Waals surface area contributed by atoms with Crippen LogP contribution in [0, 0.1) is 11.3 Å². The molecule has 3 aromatic carbocycles. The van der Waals surface area contributed by atoms with E-state index < -0.39 is 6.03 Å². The molecule has 10 heteroatoms. The third-order valence-electron chi connectivity index (χ3n) is 6.67. The molecular weight excluding hydrogens is 532 g/mol. The van der Waals surface area contributed by atoms with E-state index in [9.17, 15) is 14.9 Å². The van der Waals surface area contributed by atoms with Crippen LogP contribution in [0.2, 0.25) is 0 Å². The highest BCUT2D eigenvalue weighted by Gasteiger charge is 2.17. The number of aromatic nitrogens is 1. The molecule has 1 aromatic heterocycles. The lowest BCUT2D eigenvalue weighted by atomic mass is 10.0. The van der Waals surface area contributed by atoms with Gasteiger partial charge in [0.05, 0.1) is 5.56 Å². The lowest BCUT2D eigenvalue weighted by Crippen LogP contribution is -2.34. The highest BCUT2D eigenvalue weighted by atomic mass is 16.5. The summed E-state index contributed by atoms with van der Waals surface area (Å²) in [6.45, 7) is 1.82. The Morgan fingerprint density at radius 3 is 2.43 bits per heavy atom. The molecule has 0 unspecified atom stereocenters. The van der Waals surface area contributed by atoms with E-state index in [4.69, 9.17) is 9.47 Å². The number of anilines is 2. The molecule has 0 saturated carbocycles. The molecule has 10 nitrogen and oxygen atoms in total. The molecule has 1 fully saturated rings. The summed E-state index contributed by atoms with van der Waals surface area (Å²) in [6.07, 6.45) is 3.42. The van der Waals surface area contributed by atoms with Gasteiger partial charge in [-0.05, 0) is 91.7 Å². The van der Waals surface area contributed by atoms with Gasteiger partial charge in [0.2, 0.25) is 0 Å². The van der Waals surface area contributed by atoms with Crippen LogP contribution >= 0.6 is 0 Å². The minimum Gasteiger partial charge on any atom is -0.489 e. The summed E-state index contributed by atoms with van der Waals surface area (Å²) in [4.78, 5) is 28.5. The summed E-state index contributed by atoms with van der Waals surface area (Å²) in [5, 5.41) is 21.2. The quantitative estimate of drug-likeness (QED) is 0.221. The van der Waals surface area contributed by atoms with Gasteiger partial charge in [0.1, 0.15) is 35.1 Å². The fraction of sp³-hybridized carbons (Fsp3) is 0.188. The van der Waals surface area contributed by atoms with E-state index in [1.54, 1.807) is 42.5 Å². The first-order chi connectivity index (χ1) is 20.5. The maximum absolute atomic E-state index is 12.7. The van der Waals surface area contributed by atoms with Crippen LogP contribution in [-0.2, 0) is 0 Å². The van der Waals surface area contributed by atoms with E-state index in [1.165, 1.54) is 13.2 Å². The zero-order valence-electron chi connectivity index (χ0n) is 23.0. The number of carbonyl (C=O) groups excluding carboxylic acids is 2. The van der Waals surface area contributed by atoms with Crippen molar-refractivity contribution in [2.45, 2.75) is 18.9 Å². The van der Waals surface area contributed by atoms with E-state index in [0.29, 0.717) is 34.2 Å². The van der Waals surface area contributed by atoms with Crippen molar-refractivity contribution in [3.05, 3.63) is 96.3 Å². The van der Waals surface area contributed by atoms with Crippen LogP contribution in [0.5, 0.6) is 17.2 Å². The maximum atomic E-state index is 12.7. The monoisotopic (exact) mass is 562 g/mol. The summed E-state index contributed by atoms with van der Waals surface area (Å²) in [5.41, 5.74) is 3.60. The molecular formula is C32H30N6O4. The predicted molar refractivity (Wildman–Crippen MR) is 160 cm³/mol. The van der Waals surface area contributed by atoms with Crippen molar-refractivity contribution < 1.29 is 19.1 Å². The van der Waals surface area contributed by atoms with Gasteiger partial charge in [-0.1, -0.05) is 18.2 Å². The number of ether oxygens (including phenoxy) is 2. The number of carbonyl (C=O) groups is 2. The Hall–Kier alpha value is -5.40. The number of nitriles is 1. The molecule has 42 heavy (non-hydrogen) atoms. The number of hydrogen-bond acceptors (Lipinski definition) is 7. The van der Waals surface area contributed by atoms with Gasteiger partial charge in [-0.2, -0.15) is 5.26 Å². The fourth-order valence-electron chi connectivity index (χ4n) is 4.53. The van der Waals surface area contributed by atoms with Gasteiger partial charge in [0.25, 0.3) is 5.91 Å². The third kappa shape index (κ3) is 7.21. The van der Waals surface area contributed by atoms with Crippen LogP contribution in [0.1, 0.15) is 28.9 Å². The molecule has 1 aliphatic heterocycles. The van der Waals surface area contributed by atoms with Crippen molar-refractivity contribution in [1.29, 1.82) is 5.26 Å². The normalized spacial score (nSPS) is 13.0. The second-order valence-corrected chi connectivity index (χ2v) is 9.63. The maximum Gasteiger partial charge on any atom is 0.323 e. The van der Waals surface area contributed by atoms with Gasteiger partial charge in [-0.3, -0.25) is 9.78 Å². The lowest BCUT2D eigenvalue weighted by Gasteiger charge is -2.24. The standard InChI is InChI=1S/C32H30N6O4/c1-34-31(39)29-19-28(13-16-36-29)41-26-8-6-24(7-9-26)37-32(40)38-25-4-2-3-21(18-25)22-5-10-30(23(17-22)20-33)42-27-11-14-35-15-12-27/h2-10,13,16-19,27,35H,11-12,14-15H2,1H3,(H,34,39)(H2,37,38,40). The Labute approximate surface area is 243 Å². The van der Waals surface area contributed by atoms with Crippen molar-refractivity contribution in [3.63, 3.8) is 0 Å². The number of nitrogens with zero attached hydrogens (tertiary/aromatic N) is 2. The average Bonchev–Trinajstić information content (AvgIpc) is 3.02. The van der Waals surface area contributed by atoms with Crippen molar-refractivity contribution in [1.82, 2.24) is 15.6 Å². The number of pyridine rings is 1. The summed E-state index contributed by atoms with van der Waals surface area (Å²) in [6, 6.07) is 24.9. The highest BCUT2D eigenvalue weighted by Crippen LogP contribution is 2.30. The van der Waals surface area contributed by atoms with Crippen LogP contribution in [0.25, 0.3) is 11.1 Å². The van der Waals surface area contributed by atoms with Crippen molar-refractivity contribution in [3.8, 4) is 34.4 Å². The van der Waals surface area contributed by atoms with E-state index >= 15 is 0 Å². The van der Waals surface area contributed by atoms with E-state index in [-0.39, 0.29) is 17.7 Å². The number of nitrogens with one attached hydrogen (secondary N) is 4. The van der Waals surface area contributed by atoms with Crippen LogP contribution in [0.15, 0.2) is 85.1 Å². The Morgan fingerprint density at radius 2 is 1.67 bits per heavy atom. The van der Waals surface area contributed by atoms with Gasteiger partial charge >= 0.3 is 6.03 Å². The number of amides is 3. The molecule has 3 amide bonds. The first kappa shape index (κ1) is 28.1. The molecule has 0 radical (unpaired) electrons. The molecule has 4 N–H and O–H groups in total. The second-order valence-electron chi connectivity index (χ2n) is 9.63. The molecule has 5 rings (SSSR count). The largest absolute Gasteiger partial charge is 0.489 e.